The number of nitrogens with one attached hydrogen (secondary N) is 1. The summed E-state index contributed by atoms with van der Waals surface area (Å²) in [5.74, 6) is 2.24. The van der Waals surface area contributed by atoms with E-state index in [0.29, 0.717) is 10.8 Å². The van der Waals surface area contributed by atoms with Crippen molar-refractivity contribution in [3.05, 3.63) is 0 Å². The van der Waals surface area contributed by atoms with Gasteiger partial charge >= 0.3 is 0 Å². The second-order valence-corrected chi connectivity index (χ2v) is 7.69. The topological polar surface area (TPSA) is 21.3 Å². The minimum atomic E-state index is 0.480. The van der Waals surface area contributed by atoms with Gasteiger partial charge in [-0.05, 0) is 63.7 Å². The normalized spacial score (nSPS) is 31.7. The molecule has 0 bridgehead atoms. The van der Waals surface area contributed by atoms with Crippen LogP contribution >= 0.6 is 11.8 Å². The molecule has 2 nitrogen and oxygen atoms in total. The molecule has 0 aliphatic carbocycles. The molecule has 0 amide bonds. The zero-order valence-electron chi connectivity index (χ0n) is 12.0. The van der Waals surface area contributed by atoms with Crippen molar-refractivity contribution in [2.45, 2.75) is 63.2 Å². The van der Waals surface area contributed by atoms with Gasteiger partial charge in [0.2, 0.25) is 0 Å². The lowest BCUT2D eigenvalue weighted by atomic mass is 9.85. The maximum atomic E-state index is 5.49. The fourth-order valence-corrected chi connectivity index (χ4v) is 4.68. The third kappa shape index (κ3) is 3.88. The Morgan fingerprint density at radius 3 is 2.78 bits per heavy atom. The fraction of sp³-hybridized carbons (Fsp3) is 1.00. The van der Waals surface area contributed by atoms with Crippen molar-refractivity contribution in [1.82, 2.24) is 5.32 Å². The van der Waals surface area contributed by atoms with Crippen LogP contribution in [0.5, 0.6) is 0 Å². The van der Waals surface area contributed by atoms with Crippen molar-refractivity contribution in [1.29, 1.82) is 0 Å². The summed E-state index contributed by atoms with van der Waals surface area (Å²) in [7, 11) is 0. The fourth-order valence-electron chi connectivity index (χ4n) is 3.26. The lowest BCUT2D eigenvalue weighted by molar-refractivity contribution is 0.0590. The van der Waals surface area contributed by atoms with Gasteiger partial charge in [-0.1, -0.05) is 6.92 Å². The predicted molar refractivity (Wildman–Crippen MR) is 80.3 cm³/mol. The van der Waals surface area contributed by atoms with Crippen LogP contribution in [0.3, 0.4) is 0 Å². The number of hydrogen-bond donors (Lipinski definition) is 1. The summed E-state index contributed by atoms with van der Waals surface area (Å²) in [5, 5.41) is 3.84. The molecule has 0 spiro atoms. The average molecular weight is 271 g/mol. The van der Waals surface area contributed by atoms with E-state index in [1.165, 1.54) is 50.8 Å². The van der Waals surface area contributed by atoms with E-state index in [1.807, 2.05) is 0 Å². The molecule has 2 atom stereocenters. The Morgan fingerprint density at radius 1 is 1.39 bits per heavy atom. The van der Waals surface area contributed by atoms with Gasteiger partial charge in [0.25, 0.3) is 0 Å². The molecule has 2 aliphatic rings. The Morgan fingerprint density at radius 2 is 2.17 bits per heavy atom. The van der Waals surface area contributed by atoms with Crippen LogP contribution in [-0.2, 0) is 4.74 Å². The average Bonchev–Trinajstić information content (AvgIpc) is 2.84. The molecule has 2 fully saturated rings. The van der Waals surface area contributed by atoms with Gasteiger partial charge in [0.15, 0.2) is 0 Å². The molecule has 2 rings (SSSR count). The molecule has 2 aliphatic heterocycles. The van der Waals surface area contributed by atoms with Crippen LogP contribution in [0.1, 0.15) is 52.4 Å². The predicted octanol–water partition coefficient (Wildman–Crippen LogP) is 3.46. The van der Waals surface area contributed by atoms with Crippen molar-refractivity contribution in [2.24, 2.45) is 5.92 Å². The molecule has 18 heavy (non-hydrogen) atoms. The first-order valence-corrected chi connectivity index (χ1v) is 8.68. The molecule has 2 heterocycles. The standard InChI is InChI=1S/C15H29NOS/c1-3-8-16-14(15(2)7-4-11-18-15)12-13-5-9-17-10-6-13/h13-14,16H,3-12H2,1-2H3. The maximum Gasteiger partial charge on any atom is 0.0468 e. The Kier molecular flexibility index (Phi) is 5.84. The van der Waals surface area contributed by atoms with Crippen LogP contribution in [0.15, 0.2) is 0 Å². The molecule has 106 valence electrons. The van der Waals surface area contributed by atoms with Crippen LogP contribution in [0.25, 0.3) is 0 Å². The molecule has 2 unspecified atom stereocenters. The first-order chi connectivity index (χ1) is 8.74. The Hall–Kier alpha value is 0.270. The van der Waals surface area contributed by atoms with E-state index >= 15 is 0 Å². The van der Waals surface area contributed by atoms with Gasteiger partial charge in [-0.15, -0.1) is 0 Å². The van der Waals surface area contributed by atoms with Crippen LogP contribution in [0, 0.1) is 5.92 Å². The Labute approximate surface area is 117 Å². The van der Waals surface area contributed by atoms with E-state index in [2.05, 4.69) is 30.9 Å². The highest BCUT2D eigenvalue weighted by Gasteiger charge is 2.38. The van der Waals surface area contributed by atoms with Gasteiger partial charge in [0, 0.05) is 24.0 Å². The number of rotatable bonds is 6. The molecule has 0 aromatic carbocycles. The second kappa shape index (κ2) is 7.16. The zero-order chi connectivity index (χ0) is 12.8. The van der Waals surface area contributed by atoms with Crippen molar-refractivity contribution in [3.8, 4) is 0 Å². The summed E-state index contributed by atoms with van der Waals surface area (Å²) in [5.41, 5.74) is 0. The summed E-state index contributed by atoms with van der Waals surface area (Å²) >= 11 is 2.20. The molecule has 0 aromatic rings. The monoisotopic (exact) mass is 271 g/mol. The zero-order valence-corrected chi connectivity index (χ0v) is 12.9. The molecule has 2 saturated heterocycles. The molecular formula is C15H29NOS. The first-order valence-electron chi connectivity index (χ1n) is 7.69. The third-order valence-electron chi connectivity index (χ3n) is 4.54. The lowest BCUT2D eigenvalue weighted by Gasteiger charge is -2.37. The van der Waals surface area contributed by atoms with Crippen LogP contribution in [0.4, 0.5) is 0 Å². The summed E-state index contributed by atoms with van der Waals surface area (Å²) in [6.45, 7) is 7.88. The van der Waals surface area contributed by atoms with E-state index in [9.17, 15) is 0 Å². The lowest BCUT2D eigenvalue weighted by Crippen LogP contribution is -2.47. The number of thioether (sulfide) groups is 1. The molecule has 0 radical (unpaired) electrons. The van der Waals surface area contributed by atoms with Crippen molar-refractivity contribution in [3.63, 3.8) is 0 Å². The minimum absolute atomic E-state index is 0.480. The van der Waals surface area contributed by atoms with Gasteiger partial charge in [-0.2, -0.15) is 11.8 Å². The Balaban J connectivity index is 1.90. The van der Waals surface area contributed by atoms with E-state index in [4.69, 9.17) is 4.74 Å². The van der Waals surface area contributed by atoms with Gasteiger partial charge < -0.3 is 10.1 Å². The molecule has 1 N–H and O–H groups in total. The number of ether oxygens (including phenoxy) is 1. The highest BCUT2D eigenvalue weighted by atomic mass is 32.2. The van der Waals surface area contributed by atoms with Gasteiger partial charge in [-0.25, -0.2) is 0 Å². The smallest absolute Gasteiger partial charge is 0.0468 e. The molecule has 3 heteroatoms. The van der Waals surface area contributed by atoms with Gasteiger partial charge in [-0.3, -0.25) is 0 Å². The summed E-state index contributed by atoms with van der Waals surface area (Å²) in [6.07, 6.45) is 7.93. The number of hydrogen-bond acceptors (Lipinski definition) is 3. The summed E-state index contributed by atoms with van der Waals surface area (Å²) in [6, 6.07) is 0.702. The van der Waals surface area contributed by atoms with E-state index in [0.717, 1.165) is 19.1 Å². The van der Waals surface area contributed by atoms with Gasteiger partial charge in [0.05, 0.1) is 0 Å². The highest BCUT2D eigenvalue weighted by molar-refractivity contribution is 8.00. The second-order valence-electron chi connectivity index (χ2n) is 6.06. The third-order valence-corrected chi connectivity index (χ3v) is 6.18. The largest absolute Gasteiger partial charge is 0.381 e. The molecule has 0 saturated carbocycles. The van der Waals surface area contributed by atoms with Crippen molar-refractivity contribution < 1.29 is 4.74 Å². The maximum absolute atomic E-state index is 5.49. The van der Waals surface area contributed by atoms with Crippen LogP contribution in [-0.4, -0.2) is 36.3 Å². The first kappa shape index (κ1) is 14.7. The van der Waals surface area contributed by atoms with Crippen LogP contribution in [0.2, 0.25) is 0 Å². The van der Waals surface area contributed by atoms with Crippen molar-refractivity contribution >= 4 is 11.8 Å². The van der Waals surface area contributed by atoms with E-state index in [-0.39, 0.29) is 0 Å². The molecule has 0 aromatic heterocycles. The van der Waals surface area contributed by atoms with Gasteiger partial charge in [0.1, 0.15) is 0 Å². The summed E-state index contributed by atoms with van der Waals surface area (Å²) < 4.78 is 5.97. The van der Waals surface area contributed by atoms with Crippen molar-refractivity contribution in [2.75, 3.05) is 25.5 Å². The summed E-state index contributed by atoms with van der Waals surface area (Å²) in [4.78, 5) is 0. The van der Waals surface area contributed by atoms with E-state index in [1.54, 1.807) is 0 Å². The van der Waals surface area contributed by atoms with E-state index < -0.39 is 0 Å². The minimum Gasteiger partial charge on any atom is -0.381 e. The highest BCUT2D eigenvalue weighted by Crippen LogP contribution is 2.42. The molecular weight excluding hydrogens is 242 g/mol. The quantitative estimate of drug-likeness (QED) is 0.799. The SMILES string of the molecule is CCCNC(CC1CCOCC1)C1(C)CCCS1. The van der Waals surface area contributed by atoms with Crippen LogP contribution < -0.4 is 5.32 Å². The Bertz CT molecular complexity index is 235.